The van der Waals surface area contributed by atoms with E-state index < -0.39 is 5.97 Å². The number of carbonyl (C=O) groups is 1. The predicted molar refractivity (Wildman–Crippen MR) is 80.6 cm³/mol. The Hall–Kier alpha value is -2.30. The van der Waals surface area contributed by atoms with Crippen molar-refractivity contribution in [2.45, 2.75) is 18.8 Å². The first-order valence-electron chi connectivity index (χ1n) is 7.20. The molecule has 2 heterocycles. The number of aryl methyl sites for hydroxylation is 1. The number of anilines is 1. The van der Waals surface area contributed by atoms with E-state index in [0.717, 1.165) is 30.8 Å². The van der Waals surface area contributed by atoms with Gasteiger partial charge in [0.1, 0.15) is 0 Å². The van der Waals surface area contributed by atoms with Gasteiger partial charge in [-0.25, -0.2) is 0 Å². The molecule has 21 heavy (non-hydrogen) atoms. The summed E-state index contributed by atoms with van der Waals surface area (Å²) in [6.45, 7) is 1.66. The van der Waals surface area contributed by atoms with Gasteiger partial charge >= 0.3 is 5.97 Å². The zero-order chi connectivity index (χ0) is 14.8. The number of benzene rings is 1. The van der Waals surface area contributed by atoms with E-state index in [4.69, 9.17) is 0 Å². The molecule has 1 aliphatic rings. The van der Waals surface area contributed by atoms with Crippen LogP contribution in [0.15, 0.2) is 36.5 Å². The molecule has 3 rings (SSSR count). The lowest BCUT2D eigenvalue weighted by Gasteiger charge is -2.34. The summed E-state index contributed by atoms with van der Waals surface area (Å²) in [6, 6.07) is 9.87. The SMILES string of the molecule is Cn1nccc1CCN1CCC(C(=O)O)c2ccccc21. The first kappa shape index (κ1) is 13.7. The summed E-state index contributed by atoms with van der Waals surface area (Å²) >= 11 is 0. The van der Waals surface area contributed by atoms with Crippen molar-refractivity contribution in [3.05, 3.63) is 47.8 Å². The van der Waals surface area contributed by atoms with E-state index in [1.807, 2.05) is 42.1 Å². The van der Waals surface area contributed by atoms with Crippen molar-refractivity contribution < 1.29 is 9.90 Å². The monoisotopic (exact) mass is 285 g/mol. The van der Waals surface area contributed by atoms with Crippen LogP contribution in [0.25, 0.3) is 0 Å². The Morgan fingerprint density at radius 3 is 2.90 bits per heavy atom. The second-order valence-electron chi connectivity index (χ2n) is 5.42. The second-order valence-corrected chi connectivity index (χ2v) is 5.42. The van der Waals surface area contributed by atoms with Gasteiger partial charge in [-0.2, -0.15) is 5.10 Å². The second kappa shape index (κ2) is 5.60. The maximum atomic E-state index is 11.4. The van der Waals surface area contributed by atoms with Crippen molar-refractivity contribution in [1.29, 1.82) is 0 Å². The maximum Gasteiger partial charge on any atom is 0.311 e. The molecule has 0 fully saturated rings. The van der Waals surface area contributed by atoms with Gasteiger partial charge in [-0.05, 0) is 24.1 Å². The molecule has 0 aliphatic carbocycles. The largest absolute Gasteiger partial charge is 0.481 e. The van der Waals surface area contributed by atoms with Gasteiger partial charge in [0, 0.05) is 44.1 Å². The molecule has 1 atom stereocenters. The van der Waals surface area contributed by atoms with Crippen LogP contribution >= 0.6 is 0 Å². The van der Waals surface area contributed by atoms with Crippen molar-refractivity contribution in [2.24, 2.45) is 7.05 Å². The first-order valence-corrected chi connectivity index (χ1v) is 7.20. The Morgan fingerprint density at radius 2 is 2.19 bits per heavy atom. The third kappa shape index (κ3) is 2.63. The maximum absolute atomic E-state index is 11.4. The smallest absolute Gasteiger partial charge is 0.311 e. The Kier molecular flexibility index (Phi) is 3.64. The number of aliphatic carboxylic acids is 1. The fraction of sp³-hybridized carbons (Fsp3) is 0.375. The van der Waals surface area contributed by atoms with Crippen LogP contribution in [0.4, 0.5) is 5.69 Å². The molecule has 0 saturated carbocycles. The zero-order valence-electron chi connectivity index (χ0n) is 12.1. The molecule has 1 aromatic carbocycles. The van der Waals surface area contributed by atoms with E-state index in [-0.39, 0.29) is 5.92 Å². The fourth-order valence-corrected chi connectivity index (χ4v) is 3.02. The van der Waals surface area contributed by atoms with Crippen molar-refractivity contribution >= 4 is 11.7 Å². The van der Waals surface area contributed by atoms with E-state index >= 15 is 0 Å². The molecular formula is C16H19N3O2. The zero-order valence-corrected chi connectivity index (χ0v) is 12.1. The molecule has 1 aromatic heterocycles. The van der Waals surface area contributed by atoms with Crippen molar-refractivity contribution in [3.63, 3.8) is 0 Å². The molecule has 1 unspecified atom stereocenters. The summed E-state index contributed by atoms with van der Waals surface area (Å²) in [6.07, 6.45) is 3.38. The fourth-order valence-electron chi connectivity index (χ4n) is 3.02. The van der Waals surface area contributed by atoms with Gasteiger partial charge < -0.3 is 10.0 Å². The number of carboxylic acids is 1. The normalized spacial score (nSPS) is 17.6. The van der Waals surface area contributed by atoms with Gasteiger partial charge in [0.2, 0.25) is 0 Å². The third-order valence-corrected chi connectivity index (χ3v) is 4.20. The van der Waals surface area contributed by atoms with Crippen LogP contribution in [0.1, 0.15) is 23.6 Å². The highest BCUT2D eigenvalue weighted by Crippen LogP contribution is 2.35. The third-order valence-electron chi connectivity index (χ3n) is 4.20. The lowest BCUT2D eigenvalue weighted by molar-refractivity contribution is -0.139. The van der Waals surface area contributed by atoms with E-state index in [9.17, 15) is 9.90 Å². The molecule has 0 bridgehead atoms. The van der Waals surface area contributed by atoms with E-state index in [1.54, 1.807) is 6.20 Å². The van der Waals surface area contributed by atoms with Crippen LogP contribution in [0.3, 0.4) is 0 Å². The lowest BCUT2D eigenvalue weighted by Crippen LogP contribution is -2.35. The summed E-state index contributed by atoms with van der Waals surface area (Å²) in [7, 11) is 1.94. The average Bonchev–Trinajstić information content (AvgIpc) is 2.89. The lowest BCUT2D eigenvalue weighted by atomic mass is 9.90. The number of hydrogen-bond donors (Lipinski definition) is 1. The van der Waals surface area contributed by atoms with E-state index in [1.165, 1.54) is 5.69 Å². The number of fused-ring (bicyclic) bond motifs is 1. The Labute approximate surface area is 123 Å². The van der Waals surface area contributed by atoms with Crippen molar-refractivity contribution in [1.82, 2.24) is 9.78 Å². The molecule has 0 spiro atoms. The first-order chi connectivity index (χ1) is 10.2. The molecule has 0 amide bonds. The number of carboxylic acid groups (broad SMARTS) is 1. The Balaban J connectivity index is 1.79. The van der Waals surface area contributed by atoms with Crippen LogP contribution < -0.4 is 4.90 Å². The van der Waals surface area contributed by atoms with Gasteiger partial charge in [-0.15, -0.1) is 0 Å². The van der Waals surface area contributed by atoms with Gasteiger partial charge in [0.05, 0.1) is 5.92 Å². The molecule has 2 aromatic rings. The van der Waals surface area contributed by atoms with E-state index in [0.29, 0.717) is 6.42 Å². The molecule has 0 saturated heterocycles. The summed E-state index contributed by atoms with van der Waals surface area (Å²) in [5.74, 6) is -1.11. The summed E-state index contributed by atoms with van der Waals surface area (Å²) in [5, 5.41) is 13.5. The van der Waals surface area contributed by atoms with Gasteiger partial charge in [0.15, 0.2) is 0 Å². The van der Waals surface area contributed by atoms with Crippen LogP contribution in [0.2, 0.25) is 0 Å². The highest BCUT2D eigenvalue weighted by Gasteiger charge is 2.29. The highest BCUT2D eigenvalue weighted by molar-refractivity contribution is 5.80. The van der Waals surface area contributed by atoms with Crippen LogP contribution in [0.5, 0.6) is 0 Å². The van der Waals surface area contributed by atoms with Crippen LogP contribution in [-0.2, 0) is 18.3 Å². The quantitative estimate of drug-likeness (QED) is 0.934. The predicted octanol–water partition coefficient (Wildman–Crippen LogP) is 2.04. The number of nitrogens with zero attached hydrogens (tertiary/aromatic N) is 3. The molecule has 5 heteroatoms. The number of aromatic nitrogens is 2. The minimum Gasteiger partial charge on any atom is -0.481 e. The number of rotatable bonds is 4. The van der Waals surface area contributed by atoms with Gasteiger partial charge in [-0.3, -0.25) is 9.48 Å². The molecule has 110 valence electrons. The molecule has 1 N–H and O–H groups in total. The van der Waals surface area contributed by atoms with E-state index in [2.05, 4.69) is 10.00 Å². The standard InChI is InChI=1S/C16H19N3O2/c1-18-12(6-9-17-18)7-10-19-11-8-14(16(20)21)13-4-2-3-5-15(13)19/h2-6,9,14H,7-8,10-11H2,1H3,(H,20,21). The number of para-hydroxylation sites is 1. The molecule has 1 aliphatic heterocycles. The summed E-state index contributed by atoms with van der Waals surface area (Å²) in [4.78, 5) is 13.7. The van der Waals surface area contributed by atoms with Gasteiger partial charge in [0.25, 0.3) is 0 Å². The Bertz CT molecular complexity index is 650. The van der Waals surface area contributed by atoms with Crippen LogP contribution in [-0.4, -0.2) is 33.9 Å². The minimum atomic E-state index is -0.728. The highest BCUT2D eigenvalue weighted by atomic mass is 16.4. The van der Waals surface area contributed by atoms with Crippen LogP contribution in [0, 0.1) is 0 Å². The van der Waals surface area contributed by atoms with Gasteiger partial charge in [-0.1, -0.05) is 18.2 Å². The molecular weight excluding hydrogens is 266 g/mol. The minimum absolute atomic E-state index is 0.380. The van der Waals surface area contributed by atoms with Crippen molar-refractivity contribution in [2.75, 3.05) is 18.0 Å². The Morgan fingerprint density at radius 1 is 1.38 bits per heavy atom. The summed E-state index contributed by atoms with van der Waals surface area (Å²) < 4.78 is 1.88. The number of hydrogen-bond acceptors (Lipinski definition) is 3. The average molecular weight is 285 g/mol. The topological polar surface area (TPSA) is 58.4 Å². The van der Waals surface area contributed by atoms with Crippen molar-refractivity contribution in [3.8, 4) is 0 Å². The molecule has 5 nitrogen and oxygen atoms in total. The summed E-state index contributed by atoms with van der Waals surface area (Å²) in [5.41, 5.74) is 3.17. The molecule has 0 radical (unpaired) electrons.